The molecule has 0 amide bonds. The van der Waals surface area contributed by atoms with Crippen LogP contribution < -0.4 is 5.32 Å². The Bertz CT molecular complexity index is 284. The molecule has 0 aliphatic heterocycles. The molecule has 0 saturated heterocycles. The van der Waals surface area contributed by atoms with E-state index < -0.39 is 0 Å². The molecule has 1 heteroatoms. The maximum atomic E-state index is 3.50. The second kappa shape index (κ2) is 6.05. The van der Waals surface area contributed by atoms with Gasteiger partial charge in [0.2, 0.25) is 0 Å². The van der Waals surface area contributed by atoms with Gasteiger partial charge in [-0.3, -0.25) is 0 Å². The van der Waals surface area contributed by atoms with Crippen molar-refractivity contribution in [3.05, 3.63) is 35.9 Å². The van der Waals surface area contributed by atoms with E-state index in [1.807, 2.05) is 0 Å². The molecular formula is C15H25N. The molecule has 1 aromatic rings. The summed E-state index contributed by atoms with van der Waals surface area (Å²) in [6.07, 6.45) is 1.25. The molecule has 0 saturated carbocycles. The highest BCUT2D eigenvalue weighted by molar-refractivity contribution is 5.14. The van der Waals surface area contributed by atoms with E-state index in [4.69, 9.17) is 0 Å². The van der Waals surface area contributed by atoms with Crippen molar-refractivity contribution in [2.45, 2.75) is 40.7 Å². The summed E-state index contributed by atoms with van der Waals surface area (Å²) in [4.78, 5) is 0. The topological polar surface area (TPSA) is 12.0 Å². The van der Waals surface area contributed by atoms with Gasteiger partial charge in [-0.2, -0.15) is 0 Å². The van der Waals surface area contributed by atoms with Crippen molar-refractivity contribution in [3.63, 3.8) is 0 Å². The molecule has 16 heavy (non-hydrogen) atoms. The molecule has 1 aromatic carbocycles. The van der Waals surface area contributed by atoms with Crippen molar-refractivity contribution in [1.82, 2.24) is 5.32 Å². The van der Waals surface area contributed by atoms with E-state index in [-0.39, 0.29) is 0 Å². The van der Waals surface area contributed by atoms with Gasteiger partial charge in [0.15, 0.2) is 0 Å². The van der Waals surface area contributed by atoms with Gasteiger partial charge in [-0.25, -0.2) is 0 Å². The van der Waals surface area contributed by atoms with Crippen molar-refractivity contribution >= 4 is 0 Å². The molecule has 1 nitrogen and oxygen atoms in total. The van der Waals surface area contributed by atoms with E-state index in [1.54, 1.807) is 0 Å². The lowest BCUT2D eigenvalue weighted by atomic mass is 9.80. The third-order valence-electron chi connectivity index (χ3n) is 3.40. The highest BCUT2D eigenvalue weighted by Gasteiger charge is 2.18. The highest BCUT2D eigenvalue weighted by atomic mass is 14.8. The maximum absolute atomic E-state index is 3.50. The predicted molar refractivity (Wildman–Crippen MR) is 71.4 cm³/mol. The number of benzene rings is 1. The highest BCUT2D eigenvalue weighted by Crippen LogP contribution is 2.27. The smallest absolute Gasteiger partial charge is 0.0205 e. The lowest BCUT2D eigenvalue weighted by Crippen LogP contribution is -2.23. The Kier molecular flexibility index (Phi) is 5.01. The van der Waals surface area contributed by atoms with Gasteiger partial charge in [0, 0.05) is 6.54 Å². The van der Waals surface area contributed by atoms with Gasteiger partial charge < -0.3 is 5.32 Å². The van der Waals surface area contributed by atoms with E-state index in [0.717, 1.165) is 19.0 Å². The van der Waals surface area contributed by atoms with E-state index in [2.05, 4.69) is 63.3 Å². The Morgan fingerprint density at radius 2 is 1.75 bits per heavy atom. The molecule has 0 aromatic heterocycles. The van der Waals surface area contributed by atoms with Crippen LogP contribution in [-0.4, -0.2) is 6.54 Å². The van der Waals surface area contributed by atoms with Gasteiger partial charge in [-0.15, -0.1) is 0 Å². The number of hydrogen-bond acceptors (Lipinski definition) is 1. The van der Waals surface area contributed by atoms with Gasteiger partial charge in [-0.05, 0) is 29.9 Å². The van der Waals surface area contributed by atoms with E-state index in [9.17, 15) is 0 Å². The van der Waals surface area contributed by atoms with Crippen LogP contribution in [0, 0.1) is 11.3 Å². The summed E-state index contributed by atoms with van der Waals surface area (Å²) in [6.45, 7) is 11.4. The van der Waals surface area contributed by atoms with Crippen LogP contribution in [0.15, 0.2) is 30.3 Å². The number of rotatable bonds is 5. The minimum Gasteiger partial charge on any atom is -0.313 e. The van der Waals surface area contributed by atoms with Crippen LogP contribution >= 0.6 is 0 Å². The van der Waals surface area contributed by atoms with Gasteiger partial charge in [0.1, 0.15) is 0 Å². The Morgan fingerprint density at radius 1 is 1.12 bits per heavy atom. The zero-order valence-electron chi connectivity index (χ0n) is 11.1. The summed E-state index contributed by atoms with van der Waals surface area (Å²) in [7, 11) is 0. The Hall–Kier alpha value is -0.820. The maximum Gasteiger partial charge on any atom is 0.0205 e. The molecule has 0 spiro atoms. The third kappa shape index (κ3) is 4.80. The fourth-order valence-corrected chi connectivity index (χ4v) is 1.58. The molecule has 1 N–H and O–H groups in total. The SMILES string of the molecule is CC(CCNCc1ccccc1)C(C)(C)C. The normalized spacial score (nSPS) is 13.8. The Morgan fingerprint density at radius 3 is 2.31 bits per heavy atom. The zero-order chi connectivity index (χ0) is 12.0. The van der Waals surface area contributed by atoms with Crippen LogP contribution in [0.25, 0.3) is 0 Å². The molecule has 0 fully saturated rings. The van der Waals surface area contributed by atoms with Crippen molar-refractivity contribution in [2.24, 2.45) is 11.3 Å². The third-order valence-corrected chi connectivity index (χ3v) is 3.40. The van der Waals surface area contributed by atoms with Gasteiger partial charge in [0.05, 0.1) is 0 Å². The molecule has 0 aliphatic carbocycles. The predicted octanol–water partition coefficient (Wildman–Crippen LogP) is 3.85. The summed E-state index contributed by atoms with van der Waals surface area (Å²) in [5.41, 5.74) is 1.79. The van der Waals surface area contributed by atoms with Crippen LogP contribution in [0.2, 0.25) is 0 Å². The largest absolute Gasteiger partial charge is 0.313 e. The summed E-state index contributed by atoms with van der Waals surface area (Å²) in [6, 6.07) is 10.6. The van der Waals surface area contributed by atoms with Crippen LogP contribution in [-0.2, 0) is 6.54 Å². The molecule has 0 heterocycles. The summed E-state index contributed by atoms with van der Waals surface area (Å²) >= 11 is 0. The molecule has 1 atom stereocenters. The Labute approximate surface area is 100 Å². The summed E-state index contributed by atoms with van der Waals surface area (Å²) in [5.74, 6) is 0.760. The molecule has 90 valence electrons. The van der Waals surface area contributed by atoms with Gasteiger partial charge in [0.25, 0.3) is 0 Å². The van der Waals surface area contributed by atoms with Crippen molar-refractivity contribution < 1.29 is 0 Å². The Balaban J connectivity index is 2.18. The first-order valence-electron chi connectivity index (χ1n) is 6.25. The van der Waals surface area contributed by atoms with E-state index in [0.29, 0.717) is 5.41 Å². The average molecular weight is 219 g/mol. The van der Waals surface area contributed by atoms with E-state index >= 15 is 0 Å². The fourth-order valence-electron chi connectivity index (χ4n) is 1.58. The molecule has 0 bridgehead atoms. The number of hydrogen-bond donors (Lipinski definition) is 1. The molecule has 0 aliphatic rings. The second-order valence-electron chi connectivity index (χ2n) is 5.72. The van der Waals surface area contributed by atoms with Crippen molar-refractivity contribution in [3.8, 4) is 0 Å². The first-order chi connectivity index (χ1) is 7.50. The van der Waals surface area contributed by atoms with Gasteiger partial charge >= 0.3 is 0 Å². The fraction of sp³-hybridized carbons (Fsp3) is 0.600. The van der Waals surface area contributed by atoms with Crippen molar-refractivity contribution in [2.75, 3.05) is 6.54 Å². The molecule has 1 unspecified atom stereocenters. The standard InChI is InChI=1S/C15H25N/c1-13(15(2,3)4)10-11-16-12-14-8-6-5-7-9-14/h5-9,13,16H,10-12H2,1-4H3. The molecule has 0 radical (unpaired) electrons. The first kappa shape index (κ1) is 13.2. The minimum atomic E-state index is 0.425. The lowest BCUT2D eigenvalue weighted by molar-refractivity contribution is 0.245. The monoisotopic (exact) mass is 219 g/mol. The molecule has 1 rings (SSSR count). The van der Waals surface area contributed by atoms with Crippen LogP contribution in [0.3, 0.4) is 0 Å². The molecular weight excluding hydrogens is 194 g/mol. The average Bonchev–Trinajstić information content (AvgIpc) is 2.24. The number of nitrogens with one attached hydrogen (secondary N) is 1. The summed E-state index contributed by atoms with van der Waals surface area (Å²) in [5, 5.41) is 3.50. The van der Waals surface area contributed by atoms with Crippen LogP contribution in [0.5, 0.6) is 0 Å². The van der Waals surface area contributed by atoms with Crippen molar-refractivity contribution in [1.29, 1.82) is 0 Å². The van der Waals surface area contributed by atoms with Gasteiger partial charge in [-0.1, -0.05) is 58.0 Å². The minimum absolute atomic E-state index is 0.425. The van der Waals surface area contributed by atoms with Crippen LogP contribution in [0.4, 0.5) is 0 Å². The lowest BCUT2D eigenvalue weighted by Gasteiger charge is -2.27. The quantitative estimate of drug-likeness (QED) is 0.742. The zero-order valence-corrected chi connectivity index (χ0v) is 11.1. The van der Waals surface area contributed by atoms with E-state index in [1.165, 1.54) is 12.0 Å². The van der Waals surface area contributed by atoms with Crippen LogP contribution in [0.1, 0.15) is 39.7 Å². The second-order valence-corrected chi connectivity index (χ2v) is 5.72. The summed E-state index contributed by atoms with van der Waals surface area (Å²) < 4.78 is 0. The first-order valence-corrected chi connectivity index (χ1v) is 6.25.